The molecular formula is C18H12ClF3N2O. The number of halogens is 4. The highest BCUT2D eigenvalue weighted by Gasteiger charge is 2.32. The van der Waals surface area contributed by atoms with E-state index in [1.165, 1.54) is 24.3 Å². The van der Waals surface area contributed by atoms with Gasteiger partial charge in [-0.15, -0.1) is 0 Å². The second-order valence-electron chi connectivity index (χ2n) is 5.34. The molecule has 1 aromatic heterocycles. The molecule has 7 heteroatoms. The van der Waals surface area contributed by atoms with Crippen molar-refractivity contribution in [3.05, 3.63) is 70.9 Å². The predicted molar refractivity (Wildman–Crippen MR) is 92.4 cm³/mol. The summed E-state index contributed by atoms with van der Waals surface area (Å²) >= 11 is 5.65. The van der Waals surface area contributed by atoms with Gasteiger partial charge >= 0.3 is 6.18 Å². The molecule has 3 aromatic rings. The average molecular weight is 365 g/mol. The number of hydrogen-bond donors (Lipinski definition) is 2. The van der Waals surface area contributed by atoms with Gasteiger partial charge in [0.2, 0.25) is 5.91 Å². The topological polar surface area (TPSA) is 44.9 Å². The zero-order valence-corrected chi connectivity index (χ0v) is 13.4. The van der Waals surface area contributed by atoms with Crippen LogP contribution in [-0.4, -0.2) is 10.9 Å². The fourth-order valence-corrected chi connectivity index (χ4v) is 2.64. The Morgan fingerprint density at radius 2 is 1.92 bits per heavy atom. The molecule has 1 heterocycles. The lowest BCUT2D eigenvalue weighted by Gasteiger charge is -2.09. The summed E-state index contributed by atoms with van der Waals surface area (Å²) in [5.74, 6) is -0.401. The van der Waals surface area contributed by atoms with Gasteiger partial charge in [0.25, 0.3) is 0 Å². The summed E-state index contributed by atoms with van der Waals surface area (Å²) in [4.78, 5) is 15.0. The molecule has 0 unspecified atom stereocenters. The second kappa shape index (κ2) is 6.64. The fourth-order valence-electron chi connectivity index (χ4n) is 2.35. The number of carbonyl (C=O) groups excluding carboxylic acids is 1. The van der Waals surface area contributed by atoms with Crippen molar-refractivity contribution >= 4 is 40.2 Å². The van der Waals surface area contributed by atoms with Gasteiger partial charge in [0.1, 0.15) is 0 Å². The lowest BCUT2D eigenvalue weighted by atomic mass is 10.1. The number of aromatic nitrogens is 1. The zero-order valence-electron chi connectivity index (χ0n) is 12.7. The van der Waals surface area contributed by atoms with E-state index in [2.05, 4.69) is 10.3 Å². The standard InChI is InChI=1S/C18H12ClF3N2O/c19-15-9-11(1-5-14(15)18(20,21)22)2-6-17(25)24-13-4-3-12-7-8-23-16(12)10-13/h1-10,23H,(H,24,25). The molecule has 0 saturated heterocycles. The van der Waals surface area contributed by atoms with Crippen LogP contribution in [0.25, 0.3) is 17.0 Å². The molecule has 25 heavy (non-hydrogen) atoms. The van der Waals surface area contributed by atoms with E-state index in [4.69, 9.17) is 11.6 Å². The van der Waals surface area contributed by atoms with E-state index in [0.717, 1.165) is 17.0 Å². The summed E-state index contributed by atoms with van der Waals surface area (Å²) < 4.78 is 38.0. The van der Waals surface area contributed by atoms with Crippen molar-refractivity contribution in [2.75, 3.05) is 5.32 Å². The molecule has 2 aromatic carbocycles. The van der Waals surface area contributed by atoms with Crippen LogP contribution >= 0.6 is 11.6 Å². The van der Waals surface area contributed by atoms with E-state index in [1.807, 2.05) is 12.1 Å². The predicted octanol–water partition coefficient (Wildman–Crippen LogP) is 5.49. The van der Waals surface area contributed by atoms with Gasteiger partial charge in [-0.25, -0.2) is 0 Å². The van der Waals surface area contributed by atoms with E-state index >= 15 is 0 Å². The summed E-state index contributed by atoms with van der Waals surface area (Å²) in [5, 5.41) is 3.30. The first kappa shape index (κ1) is 17.1. The maximum atomic E-state index is 12.7. The number of hydrogen-bond acceptors (Lipinski definition) is 1. The number of fused-ring (bicyclic) bond motifs is 1. The summed E-state index contributed by atoms with van der Waals surface area (Å²) in [7, 11) is 0. The summed E-state index contributed by atoms with van der Waals surface area (Å²) in [6.07, 6.45) is -0.0793. The van der Waals surface area contributed by atoms with Crippen molar-refractivity contribution in [3.63, 3.8) is 0 Å². The third kappa shape index (κ3) is 4.03. The molecule has 3 nitrogen and oxygen atoms in total. The minimum absolute atomic E-state index is 0.396. The van der Waals surface area contributed by atoms with E-state index < -0.39 is 22.7 Å². The van der Waals surface area contributed by atoms with Crippen LogP contribution in [0.5, 0.6) is 0 Å². The third-order valence-corrected chi connectivity index (χ3v) is 3.86. The highest BCUT2D eigenvalue weighted by atomic mass is 35.5. The molecule has 0 spiro atoms. The van der Waals surface area contributed by atoms with E-state index in [9.17, 15) is 18.0 Å². The Labute approximate surface area is 146 Å². The van der Waals surface area contributed by atoms with Gasteiger partial charge in [-0.1, -0.05) is 23.7 Å². The molecule has 3 rings (SSSR count). The summed E-state index contributed by atoms with van der Waals surface area (Å²) in [5.41, 5.74) is 0.981. The molecule has 0 atom stereocenters. The van der Waals surface area contributed by atoms with E-state index in [0.29, 0.717) is 11.3 Å². The van der Waals surface area contributed by atoms with Gasteiger partial charge in [0.05, 0.1) is 10.6 Å². The molecule has 1 amide bonds. The van der Waals surface area contributed by atoms with Gasteiger partial charge in [-0.05, 0) is 47.4 Å². The maximum absolute atomic E-state index is 12.7. The van der Waals surface area contributed by atoms with Gasteiger partial charge in [0.15, 0.2) is 0 Å². The van der Waals surface area contributed by atoms with Crippen molar-refractivity contribution < 1.29 is 18.0 Å². The Bertz CT molecular complexity index is 960. The van der Waals surface area contributed by atoms with Crippen LogP contribution in [0, 0.1) is 0 Å². The minimum atomic E-state index is -4.51. The van der Waals surface area contributed by atoms with E-state index in [1.54, 1.807) is 18.3 Å². The molecule has 0 aliphatic carbocycles. The van der Waals surface area contributed by atoms with Crippen molar-refractivity contribution in [2.24, 2.45) is 0 Å². The quantitative estimate of drug-likeness (QED) is 0.593. The Balaban J connectivity index is 1.70. The maximum Gasteiger partial charge on any atom is 0.417 e. The number of anilines is 1. The Morgan fingerprint density at radius 3 is 2.64 bits per heavy atom. The highest BCUT2D eigenvalue weighted by molar-refractivity contribution is 6.31. The van der Waals surface area contributed by atoms with Crippen LogP contribution in [0.4, 0.5) is 18.9 Å². The van der Waals surface area contributed by atoms with Crippen LogP contribution in [0.2, 0.25) is 5.02 Å². The van der Waals surface area contributed by atoms with Crippen molar-refractivity contribution in [1.82, 2.24) is 4.98 Å². The van der Waals surface area contributed by atoms with Crippen molar-refractivity contribution in [3.8, 4) is 0 Å². The van der Waals surface area contributed by atoms with Crippen LogP contribution < -0.4 is 5.32 Å². The molecule has 0 bridgehead atoms. The number of alkyl halides is 3. The molecule has 0 radical (unpaired) electrons. The molecule has 128 valence electrons. The molecule has 0 fully saturated rings. The number of rotatable bonds is 3. The third-order valence-electron chi connectivity index (χ3n) is 3.55. The van der Waals surface area contributed by atoms with Gasteiger partial charge in [-0.2, -0.15) is 13.2 Å². The largest absolute Gasteiger partial charge is 0.417 e. The fraction of sp³-hybridized carbons (Fsp3) is 0.0556. The number of aromatic amines is 1. The Hall–Kier alpha value is -2.73. The lowest BCUT2D eigenvalue weighted by molar-refractivity contribution is -0.137. The van der Waals surface area contributed by atoms with Gasteiger partial charge in [0, 0.05) is 23.5 Å². The molecule has 2 N–H and O–H groups in total. The Morgan fingerprint density at radius 1 is 1.12 bits per heavy atom. The molecule has 0 aliphatic heterocycles. The van der Waals surface area contributed by atoms with Crippen LogP contribution in [0.3, 0.4) is 0 Å². The highest BCUT2D eigenvalue weighted by Crippen LogP contribution is 2.35. The molecular weight excluding hydrogens is 353 g/mol. The second-order valence-corrected chi connectivity index (χ2v) is 5.75. The normalized spacial score (nSPS) is 12.0. The minimum Gasteiger partial charge on any atom is -0.361 e. The number of benzene rings is 2. The smallest absolute Gasteiger partial charge is 0.361 e. The lowest BCUT2D eigenvalue weighted by Crippen LogP contribution is -2.07. The first-order valence-corrected chi connectivity index (χ1v) is 7.64. The number of H-pyrrole nitrogens is 1. The molecule has 0 saturated carbocycles. The monoisotopic (exact) mass is 364 g/mol. The van der Waals surface area contributed by atoms with Crippen LogP contribution in [0.15, 0.2) is 54.7 Å². The van der Waals surface area contributed by atoms with Crippen molar-refractivity contribution in [1.29, 1.82) is 0 Å². The van der Waals surface area contributed by atoms with E-state index in [-0.39, 0.29) is 0 Å². The summed E-state index contributed by atoms with van der Waals surface area (Å²) in [6, 6.07) is 10.6. The molecule has 0 aliphatic rings. The first-order chi connectivity index (χ1) is 11.8. The van der Waals surface area contributed by atoms with Crippen molar-refractivity contribution in [2.45, 2.75) is 6.18 Å². The zero-order chi connectivity index (χ0) is 18.0. The first-order valence-electron chi connectivity index (χ1n) is 7.26. The number of carbonyl (C=O) groups is 1. The SMILES string of the molecule is O=C(C=Cc1ccc(C(F)(F)F)c(Cl)c1)Nc1ccc2cc[nH]c2c1. The number of amides is 1. The Kier molecular flexibility index (Phi) is 4.55. The van der Waals surface area contributed by atoms with Crippen LogP contribution in [0.1, 0.15) is 11.1 Å². The average Bonchev–Trinajstić information content (AvgIpc) is 2.99. The number of nitrogens with one attached hydrogen (secondary N) is 2. The van der Waals surface area contributed by atoms with Gasteiger partial charge < -0.3 is 10.3 Å². The summed E-state index contributed by atoms with van der Waals surface area (Å²) in [6.45, 7) is 0. The van der Waals surface area contributed by atoms with Gasteiger partial charge in [-0.3, -0.25) is 4.79 Å². The van der Waals surface area contributed by atoms with Crippen LogP contribution in [-0.2, 0) is 11.0 Å².